The normalized spacial score (nSPS) is 10.6. The first kappa shape index (κ1) is 24.9. The number of carbonyl (C=O) groups is 4. The molecule has 0 saturated carbocycles. The van der Waals surface area contributed by atoms with Crippen molar-refractivity contribution in [3.63, 3.8) is 0 Å². The van der Waals surface area contributed by atoms with Crippen LogP contribution in [-0.2, 0) is 23.9 Å². The molecule has 0 spiro atoms. The van der Waals surface area contributed by atoms with E-state index in [9.17, 15) is 29.3 Å². The van der Waals surface area contributed by atoms with Crippen molar-refractivity contribution in [2.45, 2.75) is 12.5 Å². The van der Waals surface area contributed by atoms with Crippen LogP contribution in [0.3, 0.4) is 0 Å². The van der Waals surface area contributed by atoms with Crippen molar-refractivity contribution in [2.75, 3.05) is 20.2 Å². The van der Waals surface area contributed by atoms with Crippen LogP contribution in [0.2, 0.25) is 0 Å². The second kappa shape index (κ2) is 12.3. The number of hydrogen-bond donors (Lipinski definition) is 3. The second-order valence-corrected chi connectivity index (χ2v) is 5.05. The number of nitrogens with two attached hydrogens (primary N) is 1. The topological polar surface area (TPSA) is 180 Å². The number of non-ortho nitro benzene ring substituents is 1. The average molecular weight is 463 g/mol. The van der Waals surface area contributed by atoms with Gasteiger partial charge in [0.15, 0.2) is 0 Å². The zero-order chi connectivity index (χ0) is 20.4. The van der Waals surface area contributed by atoms with Crippen LogP contribution >= 0.6 is 17.0 Å². The molecule has 1 rings (SSSR count). The Morgan fingerprint density at radius 1 is 1.18 bits per heavy atom. The van der Waals surface area contributed by atoms with Gasteiger partial charge >= 0.3 is 11.9 Å². The monoisotopic (exact) mass is 462 g/mol. The molecule has 13 heteroatoms. The first-order valence-corrected chi connectivity index (χ1v) is 7.56. The van der Waals surface area contributed by atoms with Gasteiger partial charge in [-0.3, -0.25) is 24.5 Å². The number of nitro groups is 1. The smallest absolute Gasteiger partial charge is 0.330 e. The maximum Gasteiger partial charge on any atom is 0.330 e. The summed E-state index contributed by atoms with van der Waals surface area (Å²) in [7, 11) is 1.11. The van der Waals surface area contributed by atoms with E-state index in [0.717, 1.165) is 19.2 Å². The van der Waals surface area contributed by atoms with Gasteiger partial charge in [0, 0.05) is 12.1 Å². The summed E-state index contributed by atoms with van der Waals surface area (Å²) < 4.78 is 9.34. The largest absolute Gasteiger partial charge is 0.469 e. The fourth-order valence-electron chi connectivity index (χ4n) is 1.80. The van der Waals surface area contributed by atoms with Crippen molar-refractivity contribution in [1.82, 2.24) is 10.6 Å². The molecule has 0 radical (unpaired) electrons. The molecule has 28 heavy (non-hydrogen) atoms. The fraction of sp³-hybridized carbons (Fsp3) is 0.333. The number of nitrogens with zero attached hydrogens (tertiary/aromatic N) is 1. The molecule has 0 saturated heterocycles. The van der Waals surface area contributed by atoms with E-state index in [0.29, 0.717) is 0 Å². The Morgan fingerprint density at radius 2 is 1.79 bits per heavy atom. The molecular weight excluding hydrogens is 444 g/mol. The Hall–Kier alpha value is -3.06. The zero-order valence-electron chi connectivity index (χ0n) is 14.7. The highest BCUT2D eigenvalue weighted by molar-refractivity contribution is 8.93. The van der Waals surface area contributed by atoms with Gasteiger partial charge in [-0.1, -0.05) is 0 Å². The molecule has 0 aliphatic heterocycles. The Labute approximate surface area is 169 Å². The lowest BCUT2D eigenvalue weighted by Gasteiger charge is -2.16. The third kappa shape index (κ3) is 8.55. The molecule has 1 unspecified atom stereocenters. The highest BCUT2D eigenvalue weighted by Crippen LogP contribution is 2.17. The number of hydrogen-bond acceptors (Lipinski definition) is 9. The van der Waals surface area contributed by atoms with E-state index in [1.54, 1.807) is 0 Å². The van der Waals surface area contributed by atoms with E-state index in [4.69, 9.17) is 10.5 Å². The van der Waals surface area contributed by atoms with Crippen LogP contribution in [0.4, 0.5) is 5.69 Å². The maximum atomic E-state index is 12.1. The van der Waals surface area contributed by atoms with Crippen molar-refractivity contribution < 1.29 is 33.6 Å². The van der Waals surface area contributed by atoms with Crippen molar-refractivity contribution in [1.29, 1.82) is 0 Å². The third-order valence-electron chi connectivity index (χ3n) is 3.12. The molecule has 0 bridgehead atoms. The zero-order valence-corrected chi connectivity index (χ0v) is 16.4. The molecule has 1 aromatic rings. The Bertz CT molecular complexity index is 707. The lowest BCUT2D eigenvalue weighted by molar-refractivity contribution is -0.384. The van der Waals surface area contributed by atoms with E-state index < -0.39 is 54.2 Å². The summed E-state index contributed by atoms with van der Waals surface area (Å²) in [4.78, 5) is 56.4. The summed E-state index contributed by atoms with van der Waals surface area (Å²) in [5, 5.41) is 15.0. The van der Waals surface area contributed by atoms with Crippen LogP contribution in [0.1, 0.15) is 6.42 Å². The highest BCUT2D eigenvalue weighted by atomic mass is 79.9. The number of nitro benzene ring substituents is 1. The van der Waals surface area contributed by atoms with Crippen molar-refractivity contribution >= 4 is 46.4 Å². The van der Waals surface area contributed by atoms with Crippen LogP contribution in [0.15, 0.2) is 24.3 Å². The Morgan fingerprint density at radius 3 is 2.29 bits per heavy atom. The van der Waals surface area contributed by atoms with E-state index >= 15 is 0 Å². The third-order valence-corrected chi connectivity index (χ3v) is 3.12. The SMILES string of the molecule is Br.COC(=O)CC(NC(=O)CN)C(=O)NCC(=O)Oc1ccc([N+](=O)[O-])cc1. The van der Waals surface area contributed by atoms with Gasteiger partial charge in [0.05, 0.1) is 25.0 Å². The number of methoxy groups -OCH3 is 1. The van der Waals surface area contributed by atoms with Crippen molar-refractivity contribution in [3.8, 4) is 5.75 Å². The molecule has 0 aromatic heterocycles. The van der Waals surface area contributed by atoms with E-state index in [2.05, 4.69) is 15.4 Å². The quantitative estimate of drug-likeness (QED) is 0.183. The summed E-state index contributed by atoms with van der Waals surface area (Å²) >= 11 is 0. The number of amides is 2. The standard InChI is InChI=1S/C15H18N4O8.BrH/c1-26-13(21)6-11(18-12(20)7-16)15(23)17-8-14(22)27-10-4-2-9(3-5-10)19(24)25;/h2-5,11H,6-8,16H2,1H3,(H,17,23)(H,18,20);1H. The summed E-state index contributed by atoms with van der Waals surface area (Å²) in [5.41, 5.74) is 4.97. The van der Waals surface area contributed by atoms with Crippen molar-refractivity contribution in [3.05, 3.63) is 34.4 Å². The molecular formula is C15H19BrN4O8. The lowest BCUT2D eigenvalue weighted by Crippen LogP contribution is -2.50. The number of halogens is 1. The summed E-state index contributed by atoms with van der Waals surface area (Å²) in [5.74, 6) is -3.06. The molecule has 1 aromatic carbocycles. The van der Waals surface area contributed by atoms with Crippen LogP contribution < -0.4 is 21.1 Å². The minimum Gasteiger partial charge on any atom is -0.469 e. The molecule has 0 aliphatic carbocycles. The van der Waals surface area contributed by atoms with Crippen LogP contribution in [-0.4, -0.2) is 54.9 Å². The van der Waals surface area contributed by atoms with E-state index in [1.807, 2.05) is 0 Å². The summed E-state index contributed by atoms with van der Waals surface area (Å²) in [6, 6.07) is 3.46. The first-order valence-electron chi connectivity index (χ1n) is 7.56. The highest BCUT2D eigenvalue weighted by Gasteiger charge is 2.24. The molecule has 0 fully saturated rings. The van der Waals surface area contributed by atoms with Gasteiger partial charge < -0.3 is 25.8 Å². The van der Waals surface area contributed by atoms with Gasteiger partial charge in [0.25, 0.3) is 5.69 Å². The maximum absolute atomic E-state index is 12.1. The summed E-state index contributed by atoms with van der Waals surface area (Å²) in [6.45, 7) is -0.959. The molecule has 154 valence electrons. The number of nitrogens with one attached hydrogen (secondary N) is 2. The number of carbonyl (C=O) groups excluding carboxylic acids is 4. The number of ether oxygens (including phenoxy) is 2. The molecule has 2 amide bonds. The molecule has 0 aliphatic rings. The van der Waals surface area contributed by atoms with Crippen molar-refractivity contribution in [2.24, 2.45) is 5.73 Å². The van der Waals surface area contributed by atoms with Crippen LogP contribution in [0.25, 0.3) is 0 Å². The lowest BCUT2D eigenvalue weighted by atomic mass is 10.2. The van der Waals surface area contributed by atoms with Gasteiger partial charge in [-0.25, -0.2) is 4.79 Å². The van der Waals surface area contributed by atoms with Gasteiger partial charge in [0.1, 0.15) is 18.3 Å². The average Bonchev–Trinajstić information content (AvgIpc) is 2.65. The minimum absolute atomic E-state index is 0. The summed E-state index contributed by atoms with van der Waals surface area (Å²) in [6.07, 6.45) is -0.453. The second-order valence-electron chi connectivity index (χ2n) is 5.05. The minimum atomic E-state index is -1.28. The van der Waals surface area contributed by atoms with Crippen LogP contribution in [0.5, 0.6) is 5.75 Å². The first-order chi connectivity index (χ1) is 12.8. The number of benzene rings is 1. The Kier molecular flexibility index (Phi) is 11.0. The van der Waals surface area contributed by atoms with Gasteiger partial charge in [-0.05, 0) is 12.1 Å². The number of esters is 2. The molecule has 0 heterocycles. The molecule has 1 atom stereocenters. The van der Waals surface area contributed by atoms with E-state index in [1.165, 1.54) is 12.1 Å². The molecule has 12 nitrogen and oxygen atoms in total. The van der Waals surface area contributed by atoms with Gasteiger partial charge in [0.2, 0.25) is 11.8 Å². The van der Waals surface area contributed by atoms with Crippen LogP contribution in [0, 0.1) is 10.1 Å². The molecule has 4 N–H and O–H groups in total. The van der Waals surface area contributed by atoms with Gasteiger partial charge in [-0.15, -0.1) is 17.0 Å². The number of rotatable bonds is 9. The Balaban J connectivity index is 0.00000729. The predicted molar refractivity (Wildman–Crippen MR) is 99.7 cm³/mol. The van der Waals surface area contributed by atoms with Gasteiger partial charge in [-0.2, -0.15) is 0 Å². The fourth-order valence-corrected chi connectivity index (χ4v) is 1.80. The predicted octanol–water partition coefficient (Wildman–Crippen LogP) is -0.799. The van der Waals surface area contributed by atoms with E-state index in [-0.39, 0.29) is 28.4 Å².